The van der Waals surface area contributed by atoms with Crippen molar-refractivity contribution in [1.82, 2.24) is 15.2 Å². The first-order valence-electron chi connectivity index (χ1n) is 7.22. The number of benzene rings is 1. The van der Waals surface area contributed by atoms with Crippen molar-refractivity contribution in [2.75, 3.05) is 23.0 Å². The Kier molecular flexibility index (Phi) is 4.73. The highest BCUT2D eigenvalue weighted by atomic mass is 32.2. The number of fused-ring (bicyclic) bond motifs is 1. The number of hydrogen-bond donors (Lipinski definition) is 1. The molecule has 7 heteroatoms. The van der Waals surface area contributed by atoms with Gasteiger partial charge in [-0.05, 0) is 12.1 Å². The number of para-hydroxylation sites is 1. The van der Waals surface area contributed by atoms with E-state index in [9.17, 15) is 4.79 Å². The van der Waals surface area contributed by atoms with Crippen molar-refractivity contribution in [3.63, 3.8) is 0 Å². The summed E-state index contributed by atoms with van der Waals surface area (Å²) in [6, 6.07) is 8.06. The third-order valence-electron chi connectivity index (χ3n) is 3.38. The minimum atomic E-state index is 0.105. The lowest BCUT2D eigenvalue weighted by molar-refractivity contribution is -0.116. The predicted octanol–water partition coefficient (Wildman–Crippen LogP) is 3.16. The van der Waals surface area contributed by atoms with Gasteiger partial charge in [-0.25, -0.2) is 4.98 Å². The van der Waals surface area contributed by atoms with E-state index in [0.717, 1.165) is 23.8 Å². The molecule has 116 valence electrons. The smallest absolute Gasteiger partial charge is 0.237 e. The number of amides is 1. The summed E-state index contributed by atoms with van der Waals surface area (Å²) in [6.07, 6.45) is 0. The van der Waals surface area contributed by atoms with Gasteiger partial charge >= 0.3 is 0 Å². The Balaban J connectivity index is 1.65. The fraction of sp³-hybridized carbons (Fsp3) is 0.400. The van der Waals surface area contributed by atoms with Crippen LogP contribution in [0, 0.1) is 0 Å². The summed E-state index contributed by atoms with van der Waals surface area (Å²) in [7, 11) is 0. The van der Waals surface area contributed by atoms with Crippen LogP contribution < -0.4 is 4.90 Å². The van der Waals surface area contributed by atoms with E-state index >= 15 is 0 Å². The summed E-state index contributed by atoms with van der Waals surface area (Å²) >= 11 is 3.18. The van der Waals surface area contributed by atoms with Gasteiger partial charge in [0, 0.05) is 23.1 Å². The molecule has 0 radical (unpaired) electrons. The molecule has 0 unspecified atom stereocenters. The van der Waals surface area contributed by atoms with Gasteiger partial charge in [0.1, 0.15) is 5.82 Å². The highest BCUT2D eigenvalue weighted by Gasteiger charge is 2.23. The number of aromatic nitrogens is 3. The lowest BCUT2D eigenvalue weighted by atomic mass is 10.2. The molecule has 0 saturated carbocycles. The largest absolute Gasteiger partial charge is 0.310 e. The number of carbonyl (C=O) groups is 1. The highest BCUT2D eigenvalue weighted by Crippen LogP contribution is 2.34. The molecule has 1 amide bonds. The normalized spacial score (nSPS) is 14.2. The van der Waals surface area contributed by atoms with Gasteiger partial charge < -0.3 is 4.90 Å². The van der Waals surface area contributed by atoms with E-state index in [4.69, 9.17) is 0 Å². The van der Waals surface area contributed by atoms with E-state index < -0.39 is 0 Å². The van der Waals surface area contributed by atoms with E-state index in [2.05, 4.69) is 35.1 Å². The fourth-order valence-electron chi connectivity index (χ4n) is 2.21. The summed E-state index contributed by atoms with van der Waals surface area (Å²) in [5.41, 5.74) is 1.02. The second-order valence-electron chi connectivity index (χ2n) is 5.31. The number of rotatable bonds is 4. The second kappa shape index (κ2) is 6.75. The molecule has 1 aromatic carbocycles. The molecule has 0 atom stereocenters. The van der Waals surface area contributed by atoms with Crippen LogP contribution in [0.5, 0.6) is 0 Å². The maximum Gasteiger partial charge on any atom is 0.237 e. The number of hydrogen-bond acceptors (Lipinski definition) is 5. The SMILES string of the molecule is CC(C)c1nc(SCC(=O)N2CCSc3ccccc32)n[nH]1. The van der Waals surface area contributed by atoms with Gasteiger partial charge in [0.15, 0.2) is 0 Å². The monoisotopic (exact) mass is 334 g/mol. The van der Waals surface area contributed by atoms with Gasteiger partial charge in [-0.15, -0.1) is 16.9 Å². The molecule has 1 aromatic heterocycles. The summed E-state index contributed by atoms with van der Waals surface area (Å²) in [6.45, 7) is 4.87. The van der Waals surface area contributed by atoms with Crippen molar-refractivity contribution in [2.24, 2.45) is 0 Å². The number of thioether (sulfide) groups is 2. The van der Waals surface area contributed by atoms with Gasteiger partial charge in [0.2, 0.25) is 11.1 Å². The van der Waals surface area contributed by atoms with Gasteiger partial charge in [-0.3, -0.25) is 9.89 Å². The molecule has 0 bridgehead atoms. The molecule has 3 rings (SSSR count). The molecular formula is C15H18N4OS2. The predicted molar refractivity (Wildman–Crippen MR) is 90.7 cm³/mol. The minimum absolute atomic E-state index is 0.105. The van der Waals surface area contributed by atoms with E-state index in [1.807, 2.05) is 23.1 Å². The Morgan fingerprint density at radius 1 is 1.45 bits per heavy atom. The molecule has 0 fully saturated rings. The van der Waals surface area contributed by atoms with Crippen LogP contribution in [0.15, 0.2) is 34.3 Å². The van der Waals surface area contributed by atoms with E-state index in [0.29, 0.717) is 16.8 Å². The maximum atomic E-state index is 12.5. The number of nitrogens with one attached hydrogen (secondary N) is 1. The molecule has 1 aliphatic rings. The molecule has 2 heterocycles. The molecule has 5 nitrogen and oxygen atoms in total. The molecule has 1 aliphatic heterocycles. The Bertz CT molecular complexity index is 671. The fourth-order valence-corrected chi connectivity index (χ4v) is 3.89. The lowest BCUT2D eigenvalue weighted by Gasteiger charge is -2.28. The zero-order valence-electron chi connectivity index (χ0n) is 12.6. The highest BCUT2D eigenvalue weighted by molar-refractivity contribution is 8.00. The Hall–Kier alpha value is -1.47. The minimum Gasteiger partial charge on any atom is -0.310 e. The Labute approximate surface area is 138 Å². The molecule has 0 aliphatic carbocycles. The van der Waals surface area contributed by atoms with E-state index in [1.165, 1.54) is 16.7 Å². The van der Waals surface area contributed by atoms with Gasteiger partial charge in [-0.2, -0.15) is 0 Å². The maximum absolute atomic E-state index is 12.5. The van der Waals surface area contributed by atoms with Gasteiger partial charge in [-0.1, -0.05) is 37.7 Å². The molecule has 22 heavy (non-hydrogen) atoms. The number of nitrogens with zero attached hydrogens (tertiary/aromatic N) is 3. The first-order chi connectivity index (χ1) is 10.6. The summed E-state index contributed by atoms with van der Waals surface area (Å²) in [5.74, 6) is 2.56. The van der Waals surface area contributed by atoms with E-state index in [-0.39, 0.29) is 5.91 Å². The average molecular weight is 334 g/mol. The average Bonchev–Trinajstić information content (AvgIpc) is 3.01. The van der Waals surface area contributed by atoms with Crippen molar-refractivity contribution in [3.8, 4) is 0 Å². The van der Waals surface area contributed by atoms with Crippen LogP contribution in [0.2, 0.25) is 0 Å². The van der Waals surface area contributed by atoms with Crippen LogP contribution in [-0.4, -0.2) is 39.1 Å². The van der Waals surface area contributed by atoms with Gasteiger partial charge in [0.05, 0.1) is 11.4 Å². The second-order valence-corrected chi connectivity index (χ2v) is 7.39. The quantitative estimate of drug-likeness (QED) is 0.870. The molecule has 1 N–H and O–H groups in total. The van der Waals surface area contributed by atoms with Crippen molar-refractivity contribution in [3.05, 3.63) is 30.1 Å². The van der Waals surface area contributed by atoms with Crippen LogP contribution in [0.1, 0.15) is 25.6 Å². The first kappa shape index (κ1) is 15.4. The molecule has 0 saturated heterocycles. The van der Waals surface area contributed by atoms with Gasteiger partial charge in [0.25, 0.3) is 0 Å². The van der Waals surface area contributed by atoms with Crippen LogP contribution in [-0.2, 0) is 4.79 Å². The molecule has 0 spiro atoms. The van der Waals surface area contributed by atoms with Crippen molar-refractivity contribution >= 4 is 35.1 Å². The third-order valence-corrected chi connectivity index (χ3v) is 5.26. The topological polar surface area (TPSA) is 61.9 Å². The molecule has 2 aromatic rings. The first-order valence-corrected chi connectivity index (χ1v) is 9.19. The zero-order valence-corrected chi connectivity index (χ0v) is 14.2. The summed E-state index contributed by atoms with van der Waals surface area (Å²) in [4.78, 5) is 19.9. The van der Waals surface area contributed by atoms with Crippen LogP contribution in [0.4, 0.5) is 5.69 Å². The van der Waals surface area contributed by atoms with Crippen molar-refractivity contribution in [2.45, 2.75) is 29.8 Å². The van der Waals surface area contributed by atoms with Crippen LogP contribution >= 0.6 is 23.5 Å². The summed E-state index contributed by atoms with van der Waals surface area (Å²) in [5, 5.41) is 7.70. The van der Waals surface area contributed by atoms with Crippen molar-refractivity contribution in [1.29, 1.82) is 0 Å². The van der Waals surface area contributed by atoms with Crippen molar-refractivity contribution < 1.29 is 4.79 Å². The zero-order chi connectivity index (χ0) is 15.5. The lowest BCUT2D eigenvalue weighted by Crippen LogP contribution is -2.36. The number of H-pyrrole nitrogens is 1. The standard InChI is InChI=1S/C15H18N4OS2/c1-10(2)14-16-15(18-17-14)22-9-13(20)19-7-8-21-12-6-4-3-5-11(12)19/h3-6,10H,7-9H2,1-2H3,(H,16,17,18). The van der Waals surface area contributed by atoms with Crippen LogP contribution in [0.25, 0.3) is 0 Å². The number of anilines is 1. The third kappa shape index (κ3) is 3.30. The number of aromatic amines is 1. The van der Waals surface area contributed by atoms with Crippen LogP contribution in [0.3, 0.4) is 0 Å². The Morgan fingerprint density at radius 2 is 2.27 bits per heavy atom. The number of carbonyl (C=O) groups excluding carboxylic acids is 1. The Morgan fingerprint density at radius 3 is 3.05 bits per heavy atom. The molecular weight excluding hydrogens is 316 g/mol. The summed E-state index contributed by atoms with van der Waals surface area (Å²) < 4.78 is 0. The van der Waals surface area contributed by atoms with E-state index in [1.54, 1.807) is 11.8 Å².